The Morgan fingerprint density at radius 1 is 1.19 bits per heavy atom. The summed E-state index contributed by atoms with van der Waals surface area (Å²) in [6, 6.07) is 11.7. The van der Waals surface area contributed by atoms with Crippen LogP contribution in [-0.2, 0) is 6.42 Å². The highest BCUT2D eigenvalue weighted by molar-refractivity contribution is 5.95. The minimum absolute atomic E-state index is 0.0297. The first-order valence-electron chi connectivity index (χ1n) is 8.98. The molecule has 6 nitrogen and oxygen atoms in total. The fraction of sp³-hybridized carbons (Fsp3) is 0.300. The predicted octanol–water partition coefficient (Wildman–Crippen LogP) is 3.12. The zero-order valence-electron chi connectivity index (χ0n) is 14.7. The molecule has 0 saturated heterocycles. The Morgan fingerprint density at radius 3 is 2.81 bits per heavy atom. The zero-order chi connectivity index (χ0) is 18.1. The number of carbonyl (C=O) groups is 1. The Labute approximate surface area is 151 Å². The van der Waals surface area contributed by atoms with Crippen LogP contribution in [0.2, 0.25) is 0 Å². The molecule has 2 aromatic heterocycles. The molecule has 132 valence electrons. The van der Waals surface area contributed by atoms with Crippen molar-refractivity contribution in [2.24, 2.45) is 0 Å². The minimum atomic E-state index is -0.0297. The first kappa shape index (κ1) is 16.4. The van der Waals surface area contributed by atoms with E-state index < -0.39 is 0 Å². The molecule has 1 saturated carbocycles. The summed E-state index contributed by atoms with van der Waals surface area (Å²) in [6.45, 7) is 2.09. The Kier molecular flexibility index (Phi) is 4.24. The summed E-state index contributed by atoms with van der Waals surface area (Å²) in [4.78, 5) is 25.7. The van der Waals surface area contributed by atoms with Crippen molar-refractivity contribution in [2.45, 2.75) is 38.6 Å². The van der Waals surface area contributed by atoms with E-state index in [4.69, 9.17) is 10.7 Å². The van der Waals surface area contributed by atoms with Gasteiger partial charge in [-0.2, -0.15) is 0 Å². The highest BCUT2D eigenvalue weighted by Gasteiger charge is 2.23. The normalized spacial score (nSPS) is 13.7. The van der Waals surface area contributed by atoms with Gasteiger partial charge in [0.1, 0.15) is 5.52 Å². The van der Waals surface area contributed by atoms with Crippen LogP contribution in [0, 0.1) is 0 Å². The van der Waals surface area contributed by atoms with E-state index in [0.717, 1.165) is 53.7 Å². The van der Waals surface area contributed by atoms with Crippen molar-refractivity contribution in [1.29, 1.82) is 0 Å². The largest absolute Gasteiger partial charge is 0.368 e. The van der Waals surface area contributed by atoms with Crippen LogP contribution in [0.5, 0.6) is 0 Å². The average molecular weight is 347 g/mol. The number of aromatic nitrogens is 3. The molecule has 4 rings (SSSR count). The number of pyridine rings is 1. The lowest BCUT2D eigenvalue weighted by Crippen LogP contribution is -2.25. The third-order valence-electron chi connectivity index (χ3n) is 4.45. The molecule has 1 aliphatic rings. The van der Waals surface area contributed by atoms with Gasteiger partial charge < -0.3 is 11.1 Å². The predicted molar refractivity (Wildman–Crippen MR) is 102 cm³/mol. The van der Waals surface area contributed by atoms with Crippen molar-refractivity contribution < 1.29 is 4.79 Å². The van der Waals surface area contributed by atoms with Crippen LogP contribution >= 0.6 is 0 Å². The van der Waals surface area contributed by atoms with E-state index in [-0.39, 0.29) is 11.9 Å². The molecule has 1 aromatic carbocycles. The van der Waals surface area contributed by atoms with Gasteiger partial charge in [0.2, 0.25) is 5.95 Å². The average Bonchev–Trinajstić information content (AvgIpc) is 3.45. The van der Waals surface area contributed by atoms with E-state index in [9.17, 15) is 4.79 Å². The molecule has 26 heavy (non-hydrogen) atoms. The van der Waals surface area contributed by atoms with Crippen molar-refractivity contribution in [1.82, 2.24) is 20.3 Å². The van der Waals surface area contributed by atoms with E-state index in [1.165, 1.54) is 0 Å². The Hall–Kier alpha value is -3.02. The molecule has 6 heteroatoms. The number of benzene rings is 1. The monoisotopic (exact) mass is 347 g/mol. The number of carbonyl (C=O) groups excluding carboxylic acids is 1. The molecule has 1 amide bonds. The molecule has 0 atom stereocenters. The van der Waals surface area contributed by atoms with E-state index >= 15 is 0 Å². The van der Waals surface area contributed by atoms with Gasteiger partial charge in [0.15, 0.2) is 0 Å². The van der Waals surface area contributed by atoms with E-state index in [2.05, 4.69) is 22.2 Å². The van der Waals surface area contributed by atoms with Gasteiger partial charge in [-0.3, -0.25) is 4.79 Å². The Bertz CT molecular complexity index is 981. The van der Waals surface area contributed by atoms with Gasteiger partial charge in [0.05, 0.1) is 16.9 Å². The van der Waals surface area contributed by atoms with Gasteiger partial charge >= 0.3 is 0 Å². The quantitative estimate of drug-likeness (QED) is 0.739. The van der Waals surface area contributed by atoms with Crippen molar-refractivity contribution in [3.8, 4) is 11.3 Å². The molecule has 0 aliphatic heterocycles. The lowest BCUT2D eigenvalue weighted by atomic mass is 10.1. The van der Waals surface area contributed by atoms with Crippen LogP contribution in [0.1, 0.15) is 42.2 Å². The summed E-state index contributed by atoms with van der Waals surface area (Å²) in [5.74, 6) is 0.243. The number of nitrogen functional groups attached to an aromatic ring is 1. The van der Waals surface area contributed by atoms with Crippen LogP contribution in [0.25, 0.3) is 22.3 Å². The van der Waals surface area contributed by atoms with Gasteiger partial charge in [-0.05, 0) is 43.5 Å². The van der Waals surface area contributed by atoms with E-state index in [1.807, 2.05) is 36.4 Å². The fourth-order valence-electron chi connectivity index (χ4n) is 2.98. The maximum Gasteiger partial charge on any atom is 0.251 e. The van der Waals surface area contributed by atoms with Crippen LogP contribution < -0.4 is 11.1 Å². The molecule has 0 bridgehead atoms. The number of nitrogens with one attached hydrogen (secondary N) is 1. The van der Waals surface area contributed by atoms with E-state index in [0.29, 0.717) is 11.6 Å². The molecule has 2 heterocycles. The number of rotatable bonds is 5. The lowest BCUT2D eigenvalue weighted by Gasteiger charge is -2.09. The number of aryl methyl sites for hydroxylation is 1. The van der Waals surface area contributed by atoms with Gasteiger partial charge in [-0.25, -0.2) is 15.0 Å². The summed E-state index contributed by atoms with van der Waals surface area (Å²) in [5, 5.41) is 3.02. The maximum atomic E-state index is 12.3. The van der Waals surface area contributed by atoms with Gasteiger partial charge in [0.25, 0.3) is 5.91 Å². The molecule has 0 unspecified atom stereocenters. The smallest absolute Gasteiger partial charge is 0.251 e. The molecular formula is C20H21N5O. The summed E-state index contributed by atoms with van der Waals surface area (Å²) in [7, 11) is 0. The van der Waals surface area contributed by atoms with Crippen LogP contribution in [0.15, 0.2) is 36.4 Å². The number of hydrogen-bond acceptors (Lipinski definition) is 5. The number of nitrogens with two attached hydrogens (primary N) is 1. The van der Waals surface area contributed by atoms with Crippen LogP contribution in [0.3, 0.4) is 0 Å². The summed E-state index contributed by atoms with van der Waals surface area (Å²) >= 11 is 0. The molecule has 0 spiro atoms. The summed E-state index contributed by atoms with van der Waals surface area (Å²) in [6.07, 6.45) is 3.89. The minimum Gasteiger partial charge on any atom is -0.368 e. The highest BCUT2D eigenvalue weighted by atomic mass is 16.1. The molecule has 3 aromatic rings. The molecule has 1 fully saturated rings. The Morgan fingerprint density at radius 2 is 2.04 bits per heavy atom. The van der Waals surface area contributed by atoms with E-state index in [1.54, 1.807) is 0 Å². The number of fused-ring (bicyclic) bond motifs is 1. The number of amides is 1. The van der Waals surface area contributed by atoms with Crippen molar-refractivity contribution >= 4 is 22.9 Å². The zero-order valence-corrected chi connectivity index (χ0v) is 14.7. The molecular weight excluding hydrogens is 326 g/mol. The molecule has 3 N–H and O–H groups in total. The molecule has 0 radical (unpaired) electrons. The third kappa shape index (κ3) is 3.35. The second-order valence-electron chi connectivity index (χ2n) is 6.67. The summed E-state index contributed by atoms with van der Waals surface area (Å²) < 4.78 is 0. The maximum absolute atomic E-state index is 12.3. The second kappa shape index (κ2) is 6.71. The fourth-order valence-corrected chi connectivity index (χ4v) is 2.98. The highest BCUT2D eigenvalue weighted by Crippen LogP contribution is 2.24. The second-order valence-corrected chi connectivity index (χ2v) is 6.67. The SMILES string of the molecule is CCCc1nc(N)nc2ccc(-c3cccc(C(=O)NC4CC4)c3)nc12. The standard InChI is InChI=1S/C20H21N5O/c1-2-4-16-18-17(25-20(21)24-16)10-9-15(23-18)12-5-3-6-13(11-12)19(26)22-14-7-8-14/h3,5-6,9-11,14H,2,4,7-8H2,1H3,(H,22,26)(H2,21,24,25). The van der Waals surface area contributed by atoms with Crippen molar-refractivity contribution in [3.05, 3.63) is 47.7 Å². The number of hydrogen-bond donors (Lipinski definition) is 2. The van der Waals surface area contributed by atoms with Crippen LogP contribution in [0.4, 0.5) is 5.95 Å². The summed E-state index contributed by atoms with van der Waals surface area (Å²) in [5.41, 5.74) is 10.5. The third-order valence-corrected chi connectivity index (χ3v) is 4.45. The number of nitrogens with zero attached hydrogens (tertiary/aromatic N) is 3. The van der Waals surface area contributed by atoms with Crippen molar-refractivity contribution in [3.63, 3.8) is 0 Å². The van der Waals surface area contributed by atoms with Gasteiger partial charge in [-0.1, -0.05) is 25.5 Å². The number of anilines is 1. The lowest BCUT2D eigenvalue weighted by molar-refractivity contribution is 0.0951. The molecule has 1 aliphatic carbocycles. The van der Waals surface area contributed by atoms with Crippen LogP contribution in [-0.4, -0.2) is 26.9 Å². The first-order chi connectivity index (χ1) is 12.6. The Balaban J connectivity index is 1.73. The topological polar surface area (TPSA) is 93.8 Å². The first-order valence-corrected chi connectivity index (χ1v) is 8.98. The van der Waals surface area contributed by atoms with Gasteiger partial charge in [0, 0.05) is 17.2 Å². The van der Waals surface area contributed by atoms with Gasteiger partial charge in [-0.15, -0.1) is 0 Å². The van der Waals surface area contributed by atoms with Crippen molar-refractivity contribution in [2.75, 3.05) is 5.73 Å².